The van der Waals surface area contributed by atoms with Gasteiger partial charge in [0.2, 0.25) is 0 Å². The summed E-state index contributed by atoms with van der Waals surface area (Å²) in [5.41, 5.74) is 1.67. The normalized spacial score (nSPS) is 16.5. The number of thioether (sulfide) groups is 2. The third-order valence-corrected chi connectivity index (χ3v) is 8.95. The van der Waals surface area contributed by atoms with Crippen molar-refractivity contribution in [2.45, 2.75) is 53.1 Å². The molecule has 1 aliphatic rings. The quantitative estimate of drug-likeness (QED) is 0.170. The molecule has 0 heterocycles. The molecule has 0 spiro atoms. The van der Waals surface area contributed by atoms with Crippen LogP contribution in [0.15, 0.2) is 101 Å². The van der Waals surface area contributed by atoms with E-state index in [1.165, 1.54) is 0 Å². The molecule has 0 bridgehead atoms. The zero-order valence-corrected chi connectivity index (χ0v) is 23.3. The molecule has 0 saturated carbocycles. The second-order valence-corrected chi connectivity index (χ2v) is 12.9. The van der Waals surface area contributed by atoms with E-state index in [0.717, 1.165) is 26.7 Å². The van der Waals surface area contributed by atoms with Gasteiger partial charge in [0.15, 0.2) is 9.86 Å². The predicted octanol–water partition coefficient (Wildman–Crippen LogP) is 7.46. The Hall–Kier alpha value is -2.96. The first kappa shape index (κ1) is 27.1. The highest BCUT2D eigenvalue weighted by Crippen LogP contribution is 2.58. The largest absolute Gasteiger partial charge is 0.497 e. The number of hydrogen-bond donors (Lipinski definition) is 0. The molecule has 1 atom stereocenters. The molecule has 0 N–H and O–H groups in total. The standard InChI is InChI=1S/C31H32O4S2/c1-21(29(33)35-30(2,3)4)18-23-19-22-20-24(34-5)16-17-27(22)31(28(23)32,36-25-12-8-6-9-13-25)37-26-14-10-7-11-15-26/h6-17,20,23H,1,18-19H2,2-5H3. The molecular weight excluding hydrogens is 500 g/mol. The van der Waals surface area contributed by atoms with Gasteiger partial charge in [-0.1, -0.05) is 72.6 Å². The Morgan fingerprint density at radius 2 is 1.54 bits per heavy atom. The highest BCUT2D eigenvalue weighted by atomic mass is 32.2. The number of carbonyl (C=O) groups is 2. The Morgan fingerprint density at radius 3 is 2.05 bits per heavy atom. The smallest absolute Gasteiger partial charge is 0.333 e. The summed E-state index contributed by atoms with van der Waals surface area (Å²) in [6.07, 6.45) is 0.733. The van der Waals surface area contributed by atoms with Crippen molar-refractivity contribution in [2.24, 2.45) is 5.92 Å². The number of rotatable bonds is 8. The molecule has 3 aromatic carbocycles. The number of hydrogen-bond acceptors (Lipinski definition) is 6. The van der Waals surface area contributed by atoms with Gasteiger partial charge in [-0.25, -0.2) is 4.79 Å². The average molecular weight is 533 g/mol. The number of carbonyl (C=O) groups excluding carboxylic acids is 2. The van der Waals surface area contributed by atoms with Gasteiger partial charge < -0.3 is 9.47 Å². The van der Waals surface area contributed by atoms with Crippen LogP contribution in [0.5, 0.6) is 5.75 Å². The number of methoxy groups -OCH3 is 1. The average Bonchev–Trinajstić information content (AvgIpc) is 2.87. The fourth-order valence-corrected chi connectivity index (χ4v) is 7.53. The molecule has 1 unspecified atom stereocenters. The third kappa shape index (κ3) is 6.31. The molecule has 0 saturated heterocycles. The van der Waals surface area contributed by atoms with Crippen molar-refractivity contribution < 1.29 is 19.1 Å². The first-order valence-corrected chi connectivity index (χ1v) is 13.9. The van der Waals surface area contributed by atoms with E-state index in [1.807, 2.05) is 99.6 Å². The van der Waals surface area contributed by atoms with Crippen LogP contribution >= 0.6 is 23.5 Å². The molecule has 0 radical (unpaired) electrons. The lowest BCUT2D eigenvalue weighted by molar-refractivity contribution is -0.150. The lowest BCUT2D eigenvalue weighted by atomic mass is 9.79. The molecule has 0 aliphatic heterocycles. The molecule has 37 heavy (non-hydrogen) atoms. The Bertz CT molecular complexity index is 1240. The maximum atomic E-state index is 14.6. The van der Waals surface area contributed by atoms with E-state index in [2.05, 4.69) is 6.58 Å². The molecule has 6 heteroatoms. The van der Waals surface area contributed by atoms with Gasteiger partial charge in [0.05, 0.1) is 7.11 Å². The Kier molecular flexibility index (Phi) is 8.20. The molecule has 0 amide bonds. The molecule has 4 rings (SSSR count). The van der Waals surface area contributed by atoms with Crippen molar-refractivity contribution >= 4 is 35.3 Å². The summed E-state index contributed by atoms with van der Waals surface area (Å²) >= 11 is 3.09. The minimum atomic E-state index is -0.957. The molecule has 0 fully saturated rings. The van der Waals surface area contributed by atoms with Crippen LogP contribution in [0, 0.1) is 5.92 Å². The van der Waals surface area contributed by atoms with E-state index in [9.17, 15) is 9.59 Å². The number of Topliss-reactive ketones (excluding diaryl/α,β-unsaturated/α-hetero) is 1. The summed E-state index contributed by atoms with van der Waals surface area (Å²) in [4.78, 5) is 29.3. The lowest BCUT2D eigenvalue weighted by Crippen LogP contribution is -2.41. The first-order chi connectivity index (χ1) is 17.6. The molecule has 0 aromatic heterocycles. The zero-order chi connectivity index (χ0) is 26.6. The Labute approximate surface area is 227 Å². The van der Waals surface area contributed by atoms with Crippen LogP contribution in [-0.2, 0) is 24.8 Å². The molecular formula is C31H32O4S2. The van der Waals surface area contributed by atoms with Gasteiger partial charge in [-0.05, 0) is 81.1 Å². The van der Waals surface area contributed by atoms with Crippen molar-refractivity contribution in [3.63, 3.8) is 0 Å². The summed E-state index contributed by atoms with van der Waals surface area (Å²) in [6, 6.07) is 25.9. The van der Waals surface area contributed by atoms with Crippen molar-refractivity contribution in [1.29, 1.82) is 0 Å². The van der Waals surface area contributed by atoms with Crippen molar-refractivity contribution in [2.75, 3.05) is 7.11 Å². The van der Waals surface area contributed by atoms with Crippen LogP contribution in [0.1, 0.15) is 38.3 Å². The number of ketones is 1. The predicted molar refractivity (Wildman–Crippen MR) is 151 cm³/mol. The Balaban J connectivity index is 1.81. The maximum Gasteiger partial charge on any atom is 0.333 e. The first-order valence-electron chi connectivity index (χ1n) is 12.2. The number of benzene rings is 3. The highest BCUT2D eigenvalue weighted by molar-refractivity contribution is 8.18. The van der Waals surface area contributed by atoms with Crippen LogP contribution in [0.2, 0.25) is 0 Å². The Morgan fingerprint density at radius 1 is 0.973 bits per heavy atom. The lowest BCUT2D eigenvalue weighted by Gasteiger charge is -2.40. The van der Waals surface area contributed by atoms with Gasteiger partial charge in [-0.2, -0.15) is 0 Å². The number of esters is 1. The topological polar surface area (TPSA) is 52.6 Å². The second-order valence-electron chi connectivity index (χ2n) is 10.0. The monoisotopic (exact) mass is 532 g/mol. The summed E-state index contributed by atoms with van der Waals surface area (Å²) in [5, 5.41) is 0. The molecule has 1 aliphatic carbocycles. The van der Waals surface area contributed by atoms with Crippen molar-refractivity contribution in [1.82, 2.24) is 0 Å². The zero-order valence-electron chi connectivity index (χ0n) is 21.7. The van der Waals surface area contributed by atoms with Gasteiger partial charge in [0, 0.05) is 21.3 Å². The fraction of sp³-hybridized carbons (Fsp3) is 0.290. The van der Waals surface area contributed by atoms with Crippen LogP contribution in [0.3, 0.4) is 0 Å². The number of ether oxygens (including phenoxy) is 2. The van der Waals surface area contributed by atoms with Gasteiger partial charge in [0.1, 0.15) is 11.4 Å². The summed E-state index contributed by atoms with van der Waals surface area (Å²) in [7, 11) is 1.64. The van der Waals surface area contributed by atoms with Gasteiger partial charge in [0.25, 0.3) is 0 Å². The van der Waals surface area contributed by atoms with E-state index in [4.69, 9.17) is 9.47 Å². The van der Waals surface area contributed by atoms with Gasteiger partial charge >= 0.3 is 5.97 Å². The van der Waals surface area contributed by atoms with Crippen LogP contribution in [0.25, 0.3) is 0 Å². The molecule has 3 aromatic rings. The number of fused-ring (bicyclic) bond motifs is 1. The van der Waals surface area contributed by atoms with E-state index in [-0.39, 0.29) is 12.2 Å². The van der Waals surface area contributed by atoms with E-state index in [0.29, 0.717) is 12.0 Å². The van der Waals surface area contributed by atoms with Crippen molar-refractivity contribution in [3.05, 3.63) is 102 Å². The van der Waals surface area contributed by atoms with Crippen LogP contribution < -0.4 is 4.74 Å². The maximum absolute atomic E-state index is 14.6. The minimum absolute atomic E-state index is 0.0672. The van der Waals surface area contributed by atoms with Crippen molar-refractivity contribution in [3.8, 4) is 5.75 Å². The summed E-state index contributed by atoms with van der Waals surface area (Å²) < 4.78 is 10.1. The highest BCUT2D eigenvalue weighted by Gasteiger charge is 2.50. The van der Waals surface area contributed by atoms with Crippen LogP contribution in [0.4, 0.5) is 0 Å². The fourth-order valence-electron chi connectivity index (χ4n) is 4.38. The SMILES string of the molecule is C=C(CC1Cc2cc(OC)ccc2C(Sc2ccccc2)(Sc2ccccc2)C1=O)C(=O)OC(C)(C)C. The van der Waals surface area contributed by atoms with E-state index in [1.54, 1.807) is 30.6 Å². The third-order valence-electron chi connectivity index (χ3n) is 6.02. The summed E-state index contributed by atoms with van der Waals surface area (Å²) in [6.45, 7) is 9.48. The van der Waals surface area contributed by atoms with Gasteiger partial charge in [-0.15, -0.1) is 0 Å². The van der Waals surface area contributed by atoms with Crippen LogP contribution in [-0.4, -0.2) is 24.5 Å². The van der Waals surface area contributed by atoms with E-state index < -0.39 is 21.6 Å². The molecule has 192 valence electrons. The molecule has 4 nitrogen and oxygen atoms in total. The van der Waals surface area contributed by atoms with E-state index >= 15 is 0 Å². The summed E-state index contributed by atoms with van der Waals surface area (Å²) in [5.74, 6) is -0.0977. The minimum Gasteiger partial charge on any atom is -0.497 e. The van der Waals surface area contributed by atoms with Gasteiger partial charge in [-0.3, -0.25) is 4.79 Å². The second kappa shape index (κ2) is 11.2.